The zero-order valence-electron chi connectivity index (χ0n) is 10.7. The van der Waals surface area contributed by atoms with Gasteiger partial charge in [-0.2, -0.15) is 10.5 Å². The number of rotatable bonds is 10. The Hall–Kier alpha value is -1.48. The van der Waals surface area contributed by atoms with E-state index in [2.05, 4.69) is 6.92 Å². The summed E-state index contributed by atoms with van der Waals surface area (Å²) in [6.45, 7) is 2.82. The van der Waals surface area contributed by atoms with Crippen LogP contribution in [-0.4, -0.2) is 6.61 Å². The lowest BCUT2D eigenvalue weighted by Gasteiger charge is -2.01. The maximum atomic E-state index is 8.45. The number of unbranched alkanes of at least 4 members (excludes halogenated alkanes) is 7. The smallest absolute Gasteiger partial charge is 0.163 e. The number of allylic oxidation sites excluding steroid dienone is 1. The lowest BCUT2D eigenvalue weighted by Crippen LogP contribution is -1.89. The first-order chi connectivity index (χ1) is 8.35. The second-order valence-corrected chi connectivity index (χ2v) is 4.10. The molecule has 0 aliphatic carbocycles. The van der Waals surface area contributed by atoms with Crippen molar-refractivity contribution in [1.82, 2.24) is 0 Å². The Morgan fingerprint density at radius 2 is 1.47 bits per heavy atom. The molecule has 0 unspecified atom stereocenters. The summed E-state index contributed by atoms with van der Waals surface area (Å²) in [7, 11) is 0. The van der Waals surface area contributed by atoms with Crippen LogP contribution >= 0.6 is 0 Å². The summed E-state index contributed by atoms with van der Waals surface area (Å²) in [5, 5.41) is 16.9. The molecule has 0 saturated carbocycles. The molecular weight excluding hydrogens is 212 g/mol. The fraction of sp³-hybridized carbons (Fsp3) is 0.714. The SMILES string of the molecule is CCCCCCCCCCOC=C(C#N)C#N. The van der Waals surface area contributed by atoms with Crippen LogP contribution in [0.25, 0.3) is 0 Å². The largest absolute Gasteiger partial charge is 0.499 e. The standard InChI is InChI=1S/C14H22N2O/c1-2-3-4-5-6-7-8-9-10-17-13-14(11-15)12-16/h13H,2-10H2,1H3. The van der Waals surface area contributed by atoms with E-state index in [-0.39, 0.29) is 5.57 Å². The van der Waals surface area contributed by atoms with Crippen LogP contribution in [0.3, 0.4) is 0 Å². The highest BCUT2D eigenvalue weighted by atomic mass is 16.5. The highest BCUT2D eigenvalue weighted by molar-refractivity contribution is 5.33. The summed E-state index contributed by atoms with van der Waals surface area (Å²) in [6.07, 6.45) is 11.3. The van der Waals surface area contributed by atoms with E-state index >= 15 is 0 Å². The molecule has 0 radical (unpaired) electrons. The van der Waals surface area contributed by atoms with Crippen LogP contribution in [0.2, 0.25) is 0 Å². The molecule has 0 atom stereocenters. The molecule has 0 N–H and O–H groups in total. The van der Waals surface area contributed by atoms with Crippen LogP contribution in [-0.2, 0) is 4.74 Å². The number of nitriles is 2. The zero-order valence-corrected chi connectivity index (χ0v) is 10.7. The topological polar surface area (TPSA) is 56.8 Å². The van der Waals surface area contributed by atoms with E-state index in [1.165, 1.54) is 44.8 Å². The van der Waals surface area contributed by atoms with Crippen molar-refractivity contribution >= 4 is 0 Å². The third kappa shape index (κ3) is 10.8. The lowest BCUT2D eigenvalue weighted by atomic mass is 10.1. The normalized spacial score (nSPS) is 9.12. The van der Waals surface area contributed by atoms with Gasteiger partial charge in [-0.15, -0.1) is 0 Å². The fourth-order valence-electron chi connectivity index (χ4n) is 1.54. The fourth-order valence-corrected chi connectivity index (χ4v) is 1.54. The zero-order chi connectivity index (χ0) is 12.8. The van der Waals surface area contributed by atoms with Gasteiger partial charge in [-0.25, -0.2) is 0 Å². The quantitative estimate of drug-likeness (QED) is 0.325. The van der Waals surface area contributed by atoms with Gasteiger partial charge >= 0.3 is 0 Å². The molecule has 0 aliphatic heterocycles. The minimum atomic E-state index is 0.0320. The summed E-state index contributed by atoms with van der Waals surface area (Å²) in [6, 6.07) is 3.51. The molecule has 0 aliphatic rings. The second kappa shape index (κ2) is 12.6. The third-order valence-corrected chi connectivity index (χ3v) is 2.56. The lowest BCUT2D eigenvalue weighted by molar-refractivity contribution is 0.239. The highest BCUT2D eigenvalue weighted by Gasteiger charge is 1.93. The van der Waals surface area contributed by atoms with Crippen LogP contribution in [0, 0.1) is 22.7 Å². The molecule has 17 heavy (non-hydrogen) atoms. The van der Waals surface area contributed by atoms with Crippen molar-refractivity contribution in [1.29, 1.82) is 10.5 Å². The molecule has 0 amide bonds. The van der Waals surface area contributed by atoms with E-state index in [1.54, 1.807) is 12.1 Å². The molecule has 0 bridgehead atoms. The highest BCUT2D eigenvalue weighted by Crippen LogP contribution is 2.08. The van der Waals surface area contributed by atoms with Gasteiger partial charge in [0.2, 0.25) is 0 Å². The van der Waals surface area contributed by atoms with E-state index in [0.29, 0.717) is 6.61 Å². The van der Waals surface area contributed by atoms with Gasteiger partial charge in [0.05, 0.1) is 6.61 Å². The molecule has 3 nitrogen and oxygen atoms in total. The Morgan fingerprint density at radius 3 is 2.00 bits per heavy atom. The van der Waals surface area contributed by atoms with Crippen molar-refractivity contribution in [3.05, 3.63) is 11.8 Å². The van der Waals surface area contributed by atoms with Crippen LogP contribution in [0.1, 0.15) is 58.3 Å². The van der Waals surface area contributed by atoms with Crippen molar-refractivity contribution < 1.29 is 4.74 Å². The Labute approximate surface area is 105 Å². The molecule has 0 heterocycles. The van der Waals surface area contributed by atoms with E-state index in [0.717, 1.165) is 12.8 Å². The molecule has 0 spiro atoms. The van der Waals surface area contributed by atoms with Gasteiger partial charge in [0.25, 0.3) is 0 Å². The van der Waals surface area contributed by atoms with Crippen LogP contribution in [0.15, 0.2) is 11.8 Å². The minimum absolute atomic E-state index is 0.0320. The van der Waals surface area contributed by atoms with Crippen LogP contribution < -0.4 is 0 Å². The van der Waals surface area contributed by atoms with Gasteiger partial charge in [-0.3, -0.25) is 0 Å². The first kappa shape index (κ1) is 15.5. The molecule has 0 aromatic heterocycles. The maximum absolute atomic E-state index is 8.45. The van der Waals surface area contributed by atoms with Gasteiger partial charge in [-0.05, 0) is 6.42 Å². The summed E-state index contributed by atoms with van der Waals surface area (Å²) >= 11 is 0. The first-order valence-electron chi connectivity index (χ1n) is 6.47. The van der Waals surface area contributed by atoms with Crippen molar-refractivity contribution in [3.63, 3.8) is 0 Å². The van der Waals surface area contributed by atoms with Gasteiger partial charge in [0, 0.05) is 0 Å². The van der Waals surface area contributed by atoms with Crippen LogP contribution in [0.5, 0.6) is 0 Å². The van der Waals surface area contributed by atoms with E-state index in [1.807, 2.05) is 0 Å². The van der Waals surface area contributed by atoms with Gasteiger partial charge in [-0.1, -0.05) is 51.9 Å². The number of hydrogen-bond acceptors (Lipinski definition) is 3. The average molecular weight is 234 g/mol. The molecule has 94 valence electrons. The average Bonchev–Trinajstić information content (AvgIpc) is 2.36. The van der Waals surface area contributed by atoms with Crippen molar-refractivity contribution in [2.75, 3.05) is 6.61 Å². The number of nitrogens with zero attached hydrogens (tertiary/aromatic N) is 2. The second-order valence-electron chi connectivity index (χ2n) is 4.10. The predicted molar refractivity (Wildman–Crippen MR) is 67.9 cm³/mol. The van der Waals surface area contributed by atoms with E-state index < -0.39 is 0 Å². The summed E-state index contributed by atoms with van der Waals surface area (Å²) in [5.41, 5.74) is 0.0320. The number of ether oxygens (including phenoxy) is 1. The first-order valence-corrected chi connectivity index (χ1v) is 6.47. The summed E-state index contributed by atoms with van der Waals surface area (Å²) in [4.78, 5) is 0. The van der Waals surface area contributed by atoms with Crippen molar-refractivity contribution in [2.45, 2.75) is 58.3 Å². The third-order valence-electron chi connectivity index (χ3n) is 2.56. The molecule has 0 aromatic carbocycles. The monoisotopic (exact) mass is 234 g/mol. The Morgan fingerprint density at radius 1 is 0.941 bits per heavy atom. The Kier molecular flexibility index (Phi) is 11.5. The van der Waals surface area contributed by atoms with Crippen LogP contribution in [0.4, 0.5) is 0 Å². The minimum Gasteiger partial charge on any atom is -0.499 e. The molecule has 0 aromatic rings. The predicted octanol–water partition coefficient (Wildman–Crippen LogP) is 4.07. The molecule has 0 saturated heterocycles. The van der Waals surface area contributed by atoms with Crippen molar-refractivity contribution in [2.24, 2.45) is 0 Å². The molecule has 3 heteroatoms. The molecule has 0 fully saturated rings. The van der Waals surface area contributed by atoms with Gasteiger partial charge < -0.3 is 4.74 Å². The summed E-state index contributed by atoms with van der Waals surface area (Å²) < 4.78 is 5.12. The van der Waals surface area contributed by atoms with E-state index in [9.17, 15) is 0 Å². The van der Waals surface area contributed by atoms with Gasteiger partial charge in [0.15, 0.2) is 5.57 Å². The molecule has 0 rings (SSSR count). The summed E-state index contributed by atoms with van der Waals surface area (Å²) in [5.74, 6) is 0. The Balaban J connectivity index is 3.23. The molecular formula is C14H22N2O. The Bertz CT molecular complexity index is 268. The van der Waals surface area contributed by atoms with E-state index in [4.69, 9.17) is 15.3 Å². The van der Waals surface area contributed by atoms with Crippen molar-refractivity contribution in [3.8, 4) is 12.1 Å². The van der Waals surface area contributed by atoms with Gasteiger partial charge in [0.1, 0.15) is 18.4 Å². The maximum Gasteiger partial charge on any atom is 0.163 e. The number of hydrogen-bond donors (Lipinski definition) is 0.